The van der Waals surface area contributed by atoms with Crippen molar-refractivity contribution in [1.29, 1.82) is 0 Å². The van der Waals surface area contributed by atoms with Gasteiger partial charge in [0, 0.05) is 45.1 Å². The van der Waals surface area contributed by atoms with Crippen LogP contribution in [0.3, 0.4) is 0 Å². The monoisotopic (exact) mass is 300 g/mol. The Morgan fingerprint density at radius 3 is 2.64 bits per heavy atom. The van der Waals surface area contributed by atoms with Crippen LogP contribution in [0.25, 0.3) is 0 Å². The summed E-state index contributed by atoms with van der Waals surface area (Å²) in [5.74, 6) is 2.74. The zero-order chi connectivity index (χ0) is 14.9. The molecule has 0 unspecified atom stereocenters. The summed E-state index contributed by atoms with van der Waals surface area (Å²) in [4.78, 5) is 20.8. The van der Waals surface area contributed by atoms with E-state index in [0.29, 0.717) is 6.54 Å². The molecule has 4 rings (SSSR count). The minimum atomic E-state index is 0.209. The maximum Gasteiger partial charge on any atom is 0.242 e. The third kappa shape index (κ3) is 2.82. The van der Waals surface area contributed by atoms with Gasteiger partial charge in [-0.25, -0.2) is 4.98 Å². The lowest BCUT2D eigenvalue weighted by Gasteiger charge is -2.37. The first-order chi connectivity index (χ1) is 10.8. The number of piperazine rings is 1. The van der Waals surface area contributed by atoms with Gasteiger partial charge in [-0.15, -0.1) is 0 Å². The Kier molecular flexibility index (Phi) is 3.74. The average Bonchev–Trinajstić information content (AvgIpc) is 3.25. The molecule has 1 saturated heterocycles. The molecule has 2 fully saturated rings. The van der Waals surface area contributed by atoms with Crippen molar-refractivity contribution in [2.75, 3.05) is 32.7 Å². The van der Waals surface area contributed by atoms with Crippen molar-refractivity contribution in [3.8, 4) is 0 Å². The average molecular weight is 300 g/mol. The van der Waals surface area contributed by atoms with Gasteiger partial charge in [0.25, 0.3) is 0 Å². The smallest absolute Gasteiger partial charge is 0.242 e. The molecule has 0 aromatic carbocycles. The zero-order valence-electron chi connectivity index (χ0n) is 13.0. The lowest BCUT2D eigenvalue weighted by molar-refractivity contribution is -0.133. The molecule has 5 nitrogen and oxygen atoms in total. The molecule has 1 aromatic rings. The van der Waals surface area contributed by atoms with Crippen LogP contribution in [0.5, 0.6) is 0 Å². The molecule has 2 heterocycles. The molecule has 1 aliphatic heterocycles. The number of fused-ring (bicyclic) bond motifs is 2. The summed E-state index contributed by atoms with van der Waals surface area (Å²) in [5, 5.41) is 0. The van der Waals surface area contributed by atoms with Crippen LogP contribution in [-0.4, -0.2) is 58.0 Å². The van der Waals surface area contributed by atoms with Gasteiger partial charge in [0.2, 0.25) is 5.91 Å². The van der Waals surface area contributed by atoms with Gasteiger partial charge in [-0.3, -0.25) is 9.69 Å². The fourth-order valence-electron chi connectivity index (χ4n) is 4.25. The minimum absolute atomic E-state index is 0.209. The van der Waals surface area contributed by atoms with E-state index in [1.54, 1.807) is 12.5 Å². The van der Waals surface area contributed by atoms with Gasteiger partial charge in [-0.2, -0.15) is 0 Å². The molecule has 0 spiro atoms. The highest BCUT2D eigenvalue weighted by atomic mass is 16.2. The van der Waals surface area contributed by atoms with Crippen molar-refractivity contribution < 1.29 is 4.79 Å². The van der Waals surface area contributed by atoms with Gasteiger partial charge < -0.3 is 9.47 Å². The molecule has 1 amide bonds. The second kappa shape index (κ2) is 5.88. The van der Waals surface area contributed by atoms with Gasteiger partial charge in [0.05, 0.1) is 6.33 Å². The van der Waals surface area contributed by atoms with Crippen LogP contribution in [0.1, 0.15) is 12.8 Å². The summed E-state index contributed by atoms with van der Waals surface area (Å²) in [6.07, 6.45) is 12.9. The summed E-state index contributed by atoms with van der Waals surface area (Å²) in [7, 11) is 0. The first kappa shape index (κ1) is 14.0. The van der Waals surface area contributed by atoms with Gasteiger partial charge >= 0.3 is 0 Å². The van der Waals surface area contributed by atoms with Crippen LogP contribution in [-0.2, 0) is 11.3 Å². The Hall–Kier alpha value is -1.62. The van der Waals surface area contributed by atoms with E-state index in [4.69, 9.17) is 0 Å². The van der Waals surface area contributed by atoms with Crippen molar-refractivity contribution in [3.05, 3.63) is 30.9 Å². The van der Waals surface area contributed by atoms with Crippen LogP contribution in [0.15, 0.2) is 30.9 Å². The van der Waals surface area contributed by atoms with Crippen LogP contribution in [0.4, 0.5) is 0 Å². The molecule has 0 radical (unpaired) electrons. The van der Waals surface area contributed by atoms with E-state index in [-0.39, 0.29) is 5.91 Å². The lowest BCUT2D eigenvalue weighted by atomic mass is 9.93. The Balaban J connectivity index is 1.24. The fourth-order valence-corrected chi connectivity index (χ4v) is 4.25. The molecule has 22 heavy (non-hydrogen) atoms. The summed E-state index contributed by atoms with van der Waals surface area (Å²) in [6.45, 7) is 5.40. The maximum absolute atomic E-state index is 12.3. The van der Waals surface area contributed by atoms with E-state index >= 15 is 0 Å². The maximum atomic E-state index is 12.3. The number of rotatable bonds is 4. The van der Waals surface area contributed by atoms with E-state index in [0.717, 1.165) is 43.9 Å². The van der Waals surface area contributed by atoms with Gasteiger partial charge in [0.15, 0.2) is 0 Å². The lowest BCUT2D eigenvalue weighted by Crippen LogP contribution is -2.50. The van der Waals surface area contributed by atoms with E-state index in [2.05, 4.69) is 22.0 Å². The molecule has 1 aromatic heterocycles. The second-order valence-electron chi connectivity index (χ2n) is 6.96. The number of aromatic nitrogens is 2. The Bertz CT molecular complexity index is 545. The minimum Gasteiger partial charge on any atom is -0.339 e. The zero-order valence-corrected chi connectivity index (χ0v) is 13.0. The number of imidazole rings is 1. The van der Waals surface area contributed by atoms with Crippen molar-refractivity contribution in [3.63, 3.8) is 0 Å². The van der Waals surface area contributed by atoms with Crippen LogP contribution >= 0.6 is 0 Å². The summed E-state index contributed by atoms with van der Waals surface area (Å²) >= 11 is 0. The number of hydrogen-bond donors (Lipinski definition) is 0. The first-order valence-corrected chi connectivity index (χ1v) is 8.42. The van der Waals surface area contributed by atoms with E-state index < -0.39 is 0 Å². The number of allylic oxidation sites excluding steroid dienone is 2. The van der Waals surface area contributed by atoms with Crippen molar-refractivity contribution >= 4 is 5.91 Å². The van der Waals surface area contributed by atoms with E-state index in [1.165, 1.54) is 19.4 Å². The van der Waals surface area contributed by atoms with Crippen LogP contribution < -0.4 is 0 Å². The largest absolute Gasteiger partial charge is 0.339 e. The number of carbonyl (C=O) groups excluding carboxylic acids is 1. The third-order valence-corrected chi connectivity index (χ3v) is 5.51. The van der Waals surface area contributed by atoms with Crippen molar-refractivity contribution in [1.82, 2.24) is 19.4 Å². The van der Waals surface area contributed by atoms with Gasteiger partial charge in [-0.05, 0) is 30.6 Å². The molecule has 118 valence electrons. The van der Waals surface area contributed by atoms with E-state index in [9.17, 15) is 4.79 Å². The standard InChI is InChI=1S/C17H24N4O/c22-17(12-20-4-3-18-13-20)21-7-5-19(6-8-21)11-16-10-14-1-2-15(16)9-14/h1-4,13-16H,5-12H2/t14-,15+,16+/m1/s1. The quantitative estimate of drug-likeness (QED) is 0.786. The number of hydrogen-bond acceptors (Lipinski definition) is 3. The van der Waals surface area contributed by atoms with Gasteiger partial charge in [0.1, 0.15) is 6.54 Å². The second-order valence-corrected chi connectivity index (χ2v) is 6.96. The normalized spacial score (nSPS) is 31.1. The summed E-state index contributed by atoms with van der Waals surface area (Å²) < 4.78 is 1.84. The Labute approximate surface area is 131 Å². The van der Waals surface area contributed by atoms with Crippen LogP contribution in [0, 0.1) is 17.8 Å². The highest BCUT2D eigenvalue weighted by molar-refractivity contribution is 5.76. The Morgan fingerprint density at radius 2 is 2.00 bits per heavy atom. The number of amides is 1. The SMILES string of the molecule is O=C(Cn1ccnc1)N1CCN(C[C@@H]2C[C@@H]3C=C[C@H]2C3)CC1. The summed E-state index contributed by atoms with van der Waals surface area (Å²) in [5.41, 5.74) is 0. The van der Waals surface area contributed by atoms with Crippen molar-refractivity contribution in [2.45, 2.75) is 19.4 Å². The molecule has 1 saturated carbocycles. The molecule has 3 aliphatic rings. The molecule has 3 atom stereocenters. The predicted molar refractivity (Wildman–Crippen MR) is 84.1 cm³/mol. The molecular formula is C17H24N4O. The number of nitrogens with zero attached hydrogens (tertiary/aromatic N) is 4. The predicted octanol–water partition coefficient (Wildman–Crippen LogP) is 1.24. The molecule has 5 heteroatoms. The Morgan fingerprint density at radius 1 is 1.14 bits per heavy atom. The molecule has 2 bridgehead atoms. The summed E-state index contributed by atoms with van der Waals surface area (Å²) in [6, 6.07) is 0. The molecular weight excluding hydrogens is 276 g/mol. The van der Waals surface area contributed by atoms with Crippen molar-refractivity contribution in [2.24, 2.45) is 17.8 Å². The topological polar surface area (TPSA) is 41.4 Å². The molecule has 0 N–H and O–H groups in total. The molecule has 2 aliphatic carbocycles. The third-order valence-electron chi connectivity index (χ3n) is 5.51. The first-order valence-electron chi connectivity index (χ1n) is 8.42. The highest BCUT2D eigenvalue weighted by Crippen LogP contribution is 2.43. The highest BCUT2D eigenvalue weighted by Gasteiger charge is 2.36. The van der Waals surface area contributed by atoms with Crippen LogP contribution in [0.2, 0.25) is 0 Å². The fraction of sp³-hybridized carbons (Fsp3) is 0.647. The van der Waals surface area contributed by atoms with E-state index in [1.807, 2.05) is 15.7 Å². The number of carbonyl (C=O) groups is 1. The van der Waals surface area contributed by atoms with Gasteiger partial charge in [-0.1, -0.05) is 12.2 Å².